The van der Waals surface area contributed by atoms with Gasteiger partial charge in [-0.1, -0.05) is 25.1 Å². The van der Waals surface area contributed by atoms with Crippen LogP contribution in [0.1, 0.15) is 31.7 Å². The van der Waals surface area contributed by atoms with Crippen LogP contribution in [0.5, 0.6) is 0 Å². The molecule has 6 heteroatoms. The van der Waals surface area contributed by atoms with Gasteiger partial charge in [0.1, 0.15) is 5.82 Å². The van der Waals surface area contributed by atoms with Gasteiger partial charge >= 0.3 is 0 Å². The van der Waals surface area contributed by atoms with Crippen LogP contribution in [0.15, 0.2) is 11.4 Å². The molecule has 0 aliphatic carbocycles. The van der Waals surface area contributed by atoms with Crippen molar-refractivity contribution in [1.29, 1.82) is 0 Å². The quantitative estimate of drug-likeness (QED) is 0.618. The maximum absolute atomic E-state index is 9.38. The van der Waals surface area contributed by atoms with Crippen LogP contribution in [0, 0.1) is 0 Å². The van der Waals surface area contributed by atoms with Crippen LogP contribution in [0.25, 0.3) is 0 Å². The second-order valence-electron chi connectivity index (χ2n) is 5.05. The molecule has 0 aromatic carbocycles. The molecular weight excluding hydrogens is 272 g/mol. The highest BCUT2D eigenvalue weighted by Gasteiger charge is 2.21. The van der Waals surface area contributed by atoms with E-state index in [9.17, 15) is 5.11 Å². The summed E-state index contributed by atoms with van der Waals surface area (Å²) in [5.41, 5.74) is 0.765. The fraction of sp³-hybridized carbons (Fsp3) is 0.714. The van der Waals surface area contributed by atoms with Crippen LogP contribution in [-0.2, 0) is 6.61 Å². The zero-order chi connectivity index (χ0) is 14.4. The molecule has 1 aromatic rings. The van der Waals surface area contributed by atoms with Gasteiger partial charge in [-0.3, -0.25) is 4.90 Å². The fourth-order valence-corrected chi connectivity index (χ4v) is 3.02. The molecule has 2 rings (SSSR count). The van der Waals surface area contributed by atoms with Crippen LogP contribution in [-0.4, -0.2) is 51.9 Å². The monoisotopic (exact) mass is 296 g/mol. The van der Waals surface area contributed by atoms with E-state index < -0.39 is 0 Å². The number of aliphatic hydroxyl groups excluding tert-OH is 1. The third-order valence-electron chi connectivity index (χ3n) is 3.86. The Kier molecular flexibility index (Phi) is 6.06. The van der Waals surface area contributed by atoms with Crippen molar-refractivity contribution >= 4 is 17.6 Å². The Hall–Kier alpha value is -0.850. The van der Waals surface area contributed by atoms with E-state index in [0.29, 0.717) is 6.04 Å². The van der Waals surface area contributed by atoms with Gasteiger partial charge in [0.25, 0.3) is 0 Å². The lowest BCUT2D eigenvalue weighted by Gasteiger charge is -2.35. The van der Waals surface area contributed by atoms with Crippen LogP contribution in [0.4, 0.5) is 5.82 Å². The van der Waals surface area contributed by atoms with Gasteiger partial charge in [0, 0.05) is 24.3 Å². The van der Waals surface area contributed by atoms with Crippen LogP contribution in [0.2, 0.25) is 0 Å². The molecule has 1 atom stereocenters. The molecule has 0 spiro atoms. The predicted molar refractivity (Wildman–Crippen MR) is 83.1 cm³/mol. The second-order valence-corrected chi connectivity index (χ2v) is 5.82. The number of piperidine rings is 1. The van der Waals surface area contributed by atoms with Crippen LogP contribution in [0.3, 0.4) is 0 Å². The maximum Gasteiger partial charge on any atom is 0.189 e. The molecule has 2 heterocycles. The van der Waals surface area contributed by atoms with E-state index in [1.165, 1.54) is 37.6 Å². The smallest absolute Gasteiger partial charge is 0.189 e. The summed E-state index contributed by atoms with van der Waals surface area (Å²) in [5.74, 6) is 0.772. The third-order valence-corrected chi connectivity index (χ3v) is 4.42. The Morgan fingerprint density at radius 3 is 3.05 bits per heavy atom. The molecule has 5 nitrogen and oxygen atoms in total. The predicted octanol–water partition coefficient (Wildman–Crippen LogP) is 1.98. The Bertz CT molecular complexity index is 430. The normalized spacial score (nSPS) is 20.1. The molecule has 2 N–H and O–H groups in total. The standard InChI is InChI=1S/C14H24N4OS/c1-3-18-7-5-4-6-12(18)9-15-13-11(10-19)8-16-14(17-13)20-2/h8,12,19H,3-7,9-10H2,1-2H3,(H,15,16,17). The largest absolute Gasteiger partial charge is 0.391 e. The number of likely N-dealkylation sites (tertiary alicyclic amines) is 1. The number of aliphatic hydroxyl groups is 1. The van der Waals surface area contributed by atoms with Crippen molar-refractivity contribution in [3.8, 4) is 0 Å². The summed E-state index contributed by atoms with van der Waals surface area (Å²) in [6, 6.07) is 0.563. The SMILES string of the molecule is CCN1CCCCC1CNc1nc(SC)ncc1CO. The number of rotatable bonds is 6. The van der Waals surface area contributed by atoms with Crippen molar-refractivity contribution in [2.45, 2.75) is 44.0 Å². The lowest BCUT2D eigenvalue weighted by atomic mass is 10.0. The first-order valence-corrected chi connectivity index (χ1v) is 8.49. The van der Waals surface area contributed by atoms with Gasteiger partial charge in [-0.25, -0.2) is 9.97 Å². The summed E-state index contributed by atoms with van der Waals surface area (Å²) in [6.45, 7) is 5.35. The first kappa shape index (κ1) is 15.5. The van der Waals surface area contributed by atoms with Crippen molar-refractivity contribution in [3.05, 3.63) is 11.8 Å². The number of hydrogen-bond donors (Lipinski definition) is 2. The number of nitrogens with one attached hydrogen (secondary N) is 1. The highest BCUT2D eigenvalue weighted by Crippen LogP contribution is 2.20. The number of hydrogen-bond acceptors (Lipinski definition) is 6. The van der Waals surface area contributed by atoms with Crippen LogP contribution < -0.4 is 5.32 Å². The second kappa shape index (κ2) is 7.81. The number of anilines is 1. The van der Waals surface area contributed by atoms with Crippen molar-refractivity contribution < 1.29 is 5.11 Å². The van der Waals surface area contributed by atoms with E-state index >= 15 is 0 Å². The molecule has 1 aliphatic heterocycles. The van der Waals surface area contributed by atoms with Crippen molar-refractivity contribution in [2.75, 3.05) is 31.2 Å². The first-order valence-electron chi connectivity index (χ1n) is 7.27. The molecular formula is C14H24N4OS. The Morgan fingerprint density at radius 1 is 1.50 bits per heavy atom. The first-order chi connectivity index (χ1) is 9.78. The Morgan fingerprint density at radius 2 is 2.35 bits per heavy atom. The van der Waals surface area contributed by atoms with E-state index in [1.807, 2.05) is 6.26 Å². The molecule has 0 radical (unpaired) electrons. The minimum Gasteiger partial charge on any atom is -0.391 e. The molecule has 0 saturated carbocycles. The van der Waals surface area contributed by atoms with Gasteiger partial charge in [0.05, 0.1) is 6.61 Å². The summed E-state index contributed by atoms with van der Waals surface area (Å²) in [7, 11) is 0. The zero-order valence-corrected chi connectivity index (χ0v) is 13.1. The fourth-order valence-electron chi connectivity index (χ4n) is 2.68. The van der Waals surface area contributed by atoms with Gasteiger partial charge in [0.15, 0.2) is 5.16 Å². The summed E-state index contributed by atoms with van der Waals surface area (Å²) < 4.78 is 0. The highest BCUT2D eigenvalue weighted by atomic mass is 32.2. The minimum absolute atomic E-state index is 0.0286. The summed E-state index contributed by atoms with van der Waals surface area (Å²) in [5, 5.41) is 13.5. The molecule has 20 heavy (non-hydrogen) atoms. The van der Waals surface area contributed by atoms with Gasteiger partial charge < -0.3 is 10.4 Å². The van der Waals surface area contributed by atoms with E-state index in [4.69, 9.17) is 0 Å². The molecule has 0 amide bonds. The number of aromatic nitrogens is 2. The van der Waals surface area contributed by atoms with Crippen molar-refractivity contribution in [1.82, 2.24) is 14.9 Å². The zero-order valence-electron chi connectivity index (χ0n) is 12.3. The van der Waals surface area contributed by atoms with E-state index in [-0.39, 0.29) is 6.61 Å². The molecule has 0 bridgehead atoms. The molecule has 1 fully saturated rings. The third kappa shape index (κ3) is 3.84. The lowest BCUT2D eigenvalue weighted by Crippen LogP contribution is -2.43. The summed E-state index contributed by atoms with van der Waals surface area (Å²) in [6.07, 6.45) is 7.50. The number of nitrogens with zero attached hydrogens (tertiary/aromatic N) is 3. The summed E-state index contributed by atoms with van der Waals surface area (Å²) in [4.78, 5) is 11.2. The van der Waals surface area contributed by atoms with E-state index in [0.717, 1.165) is 29.6 Å². The Balaban J connectivity index is 2.01. The Labute approximate surface area is 125 Å². The summed E-state index contributed by atoms with van der Waals surface area (Å²) >= 11 is 1.51. The number of likely N-dealkylation sites (N-methyl/N-ethyl adjacent to an activating group) is 1. The molecule has 1 aromatic heterocycles. The van der Waals surface area contributed by atoms with Crippen LogP contribution >= 0.6 is 11.8 Å². The number of thioether (sulfide) groups is 1. The van der Waals surface area contributed by atoms with E-state index in [1.54, 1.807) is 6.20 Å². The molecule has 1 aliphatic rings. The van der Waals surface area contributed by atoms with E-state index in [2.05, 4.69) is 27.1 Å². The molecule has 112 valence electrons. The van der Waals surface area contributed by atoms with Gasteiger partial charge in [0.2, 0.25) is 0 Å². The lowest BCUT2D eigenvalue weighted by molar-refractivity contribution is 0.164. The minimum atomic E-state index is -0.0286. The molecule has 1 saturated heterocycles. The van der Waals surface area contributed by atoms with Gasteiger partial charge in [-0.15, -0.1) is 0 Å². The maximum atomic E-state index is 9.38. The van der Waals surface area contributed by atoms with Gasteiger partial charge in [-0.05, 0) is 32.2 Å². The topological polar surface area (TPSA) is 61.3 Å². The van der Waals surface area contributed by atoms with Crippen molar-refractivity contribution in [2.24, 2.45) is 0 Å². The highest BCUT2D eigenvalue weighted by molar-refractivity contribution is 7.98. The van der Waals surface area contributed by atoms with Crippen molar-refractivity contribution in [3.63, 3.8) is 0 Å². The molecule has 1 unspecified atom stereocenters. The average Bonchev–Trinajstić information content (AvgIpc) is 2.52. The van der Waals surface area contributed by atoms with Gasteiger partial charge in [-0.2, -0.15) is 0 Å². The average molecular weight is 296 g/mol.